The first kappa shape index (κ1) is 19.6. The van der Waals surface area contributed by atoms with Crippen molar-refractivity contribution in [1.29, 1.82) is 0 Å². The minimum absolute atomic E-state index is 0.0398. The molecule has 4 nitrogen and oxygen atoms in total. The topological polar surface area (TPSA) is 39.7 Å². The Bertz CT molecular complexity index is 816. The number of rotatable bonds is 9. The van der Waals surface area contributed by atoms with Gasteiger partial charge >= 0.3 is 0 Å². The van der Waals surface area contributed by atoms with E-state index in [1.54, 1.807) is 0 Å². The van der Waals surface area contributed by atoms with Crippen LogP contribution in [0.3, 0.4) is 0 Å². The van der Waals surface area contributed by atoms with Crippen molar-refractivity contribution in [3.8, 4) is 5.75 Å². The first-order valence-corrected chi connectivity index (χ1v) is 10.2. The van der Waals surface area contributed by atoms with E-state index >= 15 is 0 Å². The maximum Gasteiger partial charge on any atom is 0.222 e. The van der Waals surface area contributed by atoms with E-state index in [2.05, 4.69) is 29.6 Å². The van der Waals surface area contributed by atoms with Gasteiger partial charge in [-0.05, 0) is 25.1 Å². The third-order valence-corrected chi connectivity index (χ3v) is 5.05. The first-order valence-electron chi connectivity index (χ1n) is 10.2. The van der Waals surface area contributed by atoms with Gasteiger partial charge in [-0.2, -0.15) is 0 Å². The van der Waals surface area contributed by atoms with E-state index in [1.807, 2.05) is 66.7 Å². The summed E-state index contributed by atoms with van der Waals surface area (Å²) in [5.41, 5.74) is 2.05. The number of hydrogen-bond acceptors (Lipinski definition) is 4. The van der Waals surface area contributed by atoms with Gasteiger partial charge in [-0.15, -0.1) is 0 Å². The molecule has 0 aromatic heterocycles. The molecule has 4 heteroatoms. The lowest BCUT2D eigenvalue weighted by atomic mass is 9.97. The van der Waals surface area contributed by atoms with Gasteiger partial charge in [-0.25, -0.2) is 0 Å². The maximum atomic E-state index is 6.50. The highest BCUT2D eigenvalue weighted by Gasteiger charge is 2.44. The predicted molar refractivity (Wildman–Crippen MR) is 114 cm³/mol. The van der Waals surface area contributed by atoms with Crippen LogP contribution in [0.2, 0.25) is 0 Å². The molecule has 0 saturated carbocycles. The molecule has 1 fully saturated rings. The van der Waals surface area contributed by atoms with Gasteiger partial charge in [0.1, 0.15) is 12.4 Å². The smallest absolute Gasteiger partial charge is 0.222 e. The molecule has 0 amide bonds. The van der Waals surface area contributed by atoms with Gasteiger partial charge in [0, 0.05) is 17.7 Å². The lowest BCUT2D eigenvalue weighted by molar-refractivity contribution is -0.143. The average molecular weight is 389 g/mol. The molecule has 3 aromatic carbocycles. The van der Waals surface area contributed by atoms with E-state index in [9.17, 15) is 0 Å². The van der Waals surface area contributed by atoms with Crippen LogP contribution in [0.4, 0.5) is 0 Å². The summed E-state index contributed by atoms with van der Waals surface area (Å²) in [7, 11) is 0. The minimum Gasteiger partial charge on any atom is -0.492 e. The quantitative estimate of drug-likeness (QED) is 0.552. The van der Waals surface area contributed by atoms with Crippen molar-refractivity contribution >= 4 is 0 Å². The Balaban J connectivity index is 1.29. The summed E-state index contributed by atoms with van der Waals surface area (Å²) in [4.78, 5) is 0. The zero-order valence-electron chi connectivity index (χ0n) is 16.5. The molecule has 29 heavy (non-hydrogen) atoms. The van der Waals surface area contributed by atoms with Crippen molar-refractivity contribution in [3.05, 3.63) is 102 Å². The largest absolute Gasteiger partial charge is 0.492 e. The number of ether oxygens (including phenoxy) is 3. The highest BCUT2D eigenvalue weighted by Crippen LogP contribution is 2.40. The van der Waals surface area contributed by atoms with Gasteiger partial charge in [-0.3, -0.25) is 0 Å². The van der Waals surface area contributed by atoms with Crippen LogP contribution in [0.5, 0.6) is 5.75 Å². The molecule has 1 unspecified atom stereocenters. The fourth-order valence-corrected chi connectivity index (χ4v) is 3.59. The Morgan fingerprint density at radius 3 is 2.00 bits per heavy atom. The van der Waals surface area contributed by atoms with Crippen LogP contribution in [0, 0.1) is 0 Å². The molecule has 150 valence electrons. The molecule has 0 aliphatic carbocycles. The molecule has 1 saturated heterocycles. The van der Waals surface area contributed by atoms with Gasteiger partial charge < -0.3 is 19.5 Å². The van der Waals surface area contributed by atoms with Crippen LogP contribution in [0.1, 0.15) is 17.5 Å². The highest BCUT2D eigenvalue weighted by atomic mass is 16.7. The molecule has 0 radical (unpaired) electrons. The van der Waals surface area contributed by atoms with Crippen molar-refractivity contribution in [2.75, 3.05) is 26.3 Å². The molecular weight excluding hydrogens is 362 g/mol. The minimum atomic E-state index is -0.830. The van der Waals surface area contributed by atoms with E-state index in [1.165, 1.54) is 0 Å². The van der Waals surface area contributed by atoms with E-state index in [4.69, 9.17) is 14.2 Å². The molecule has 1 N–H and O–H groups in total. The van der Waals surface area contributed by atoms with Gasteiger partial charge in [0.05, 0.1) is 12.7 Å². The van der Waals surface area contributed by atoms with Gasteiger partial charge in [0.25, 0.3) is 0 Å². The molecule has 1 aliphatic rings. The van der Waals surface area contributed by atoms with Crippen LogP contribution < -0.4 is 10.1 Å². The standard InChI is InChI=1S/C25H27NO3/c1-4-10-21(11-5-1)25(22-12-6-2-7-13-22)28-20-24(29-25)16-17-26-18-19-27-23-14-8-3-9-15-23/h1-15,24,26H,16-20H2. The van der Waals surface area contributed by atoms with Gasteiger partial charge in [-0.1, -0.05) is 78.9 Å². The molecule has 1 atom stereocenters. The lowest BCUT2D eigenvalue weighted by Gasteiger charge is -2.29. The second-order valence-electron chi connectivity index (χ2n) is 7.10. The van der Waals surface area contributed by atoms with Crippen LogP contribution in [-0.4, -0.2) is 32.4 Å². The van der Waals surface area contributed by atoms with Gasteiger partial charge in [0.15, 0.2) is 0 Å². The molecule has 1 heterocycles. The van der Waals surface area contributed by atoms with E-state index in [0.29, 0.717) is 13.2 Å². The number of nitrogens with one attached hydrogen (secondary N) is 1. The second-order valence-corrected chi connectivity index (χ2v) is 7.10. The van der Waals surface area contributed by atoms with Crippen molar-refractivity contribution in [1.82, 2.24) is 5.32 Å². The fourth-order valence-electron chi connectivity index (χ4n) is 3.59. The molecule has 3 aromatic rings. The Kier molecular flexibility index (Phi) is 6.57. The van der Waals surface area contributed by atoms with Gasteiger partial charge in [0.2, 0.25) is 5.79 Å². The Morgan fingerprint density at radius 1 is 0.793 bits per heavy atom. The number of hydrogen-bond donors (Lipinski definition) is 1. The molecule has 0 bridgehead atoms. The molecular formula is C25H27NO3. The van der Waals surface area contributed by atoms with Crippen molar-refractivity contribution in [2.45, 2.75) is 18.3 Å². The molecule has 4 rings (SSSR count). The Labute approximate surface area is 172 Å². The third-order valence-electron chi connectivity index (χ3n) is 5.05. The second kappa shape index (κ2) is 9.70. The summed E-state index contributed by atoms with van der Waals surface area (Å²) in [5.74, 6) is 0.0706. The third kappa shape index (κ3) is 4.85. The zero-order chi connectivity index (χ0) is 19.8. The molecule has 1 aliphatic heterocycles. The SMILES string of the molecule is c1ccc(OCCNCCC2COC(c3ccccc3)(c3ccccc3)O2)cc1. The average Bonchev–Trinajstić information content (AvgIpc) is 3.23. The monoisotopic (exact) mass is 389 g/mol. The van der Waals surface area contributed by atoms with Crippen molar-refractivity contribution < 1.29 is 14.2 Å². The first-order chi connectivity index (χ1) is 14.4. The van der Waals surface area contributed by atoms with Crippen molar-refractivity contribution in [2.24, 2.45) is 0 Å². The van der Waals surface area contributed by atoms with Crippen LogP contribution >= 0.6 is 0 Å². The predicted octanol–water partition coefficient (Wildman–Crippen LogP) is 4.36. The number of benzene rings is 3. The lowest BCUT2D eigenvalue weighted by Crippen LogP contribution is -2.30. The normalized spacial score (nSPS) is 17.9. The number of para-hydroxylation sites is 1. The Hall–Kier alpha value is -2.66. The van der Waals surface area contributed by atoms with Crippen LogP contribution in [0.25, 0.3) is 0 Å². The van der Waals surface area contributed by atoms with Crippen LogP contribution in [-0.2, 0) is 15.3 Å². The summed E-state index contributed by atoms with van der Waals surface area (Å²) in [6, 6.07) is 30.2. The summed E-state index contributed by atoms with van der Waals surface area (Å²) in [6.07, 6.45) is 0.921. The van der Waals surface area contributed by atoms with E-state index in [-0.39, 0.29) is 6.10 Å². The summed E-state index contributed by atoms with van der Waals surface area (Å²) in [5, 5.41) is 3.43. The van der Waals surface area contributed by atoms with Crippen LogP contribution in [0.15, 0.2) is 91.0 Å². The molecule has 0 spiro atoms. The van der Waals surface area contributed by atoms with E-state index < -0.39 is 5.79 Å². The summed E-state index contributed by atoms with van der Waals surface area (Å²) in [6.45, 7) is 2.87. The zero-order valence-corrected chi connectivity index (χ0v) is 16.5. The summed E-state index contributed by atoms with van der Waals surface area (Å²) >= 11 is 0. The Morgan fingerprint density at radius 2 is 1.38 bits per heavy atom. The van der Waals surface area contributed by atoms with E-state index in [0.717, 1.165) is 36.4 Å². The fraction of sp³-hybridized carbons (Fsp3) is 0.280. The summed E-state index contributed by atoms with van der Waals surface area (Å²) < 4.78 is 18.5. The van der Waals surface area contributed by atoms with Crippen molar-refractivity contribution in [3.63, 3.8) is 0 Å². The maximum absolute atomic E-state index is 6.50. The highest BCUT2D eigenvalue weighted by molar-refractivity contribution is 5.34.